The number of carboxylic acid groups (broad SMARTS) is 1. The van der Waals surface area contributed by atoms with Gasteiger partial charge in [-0.15, -0.1) is 0 Å². The van der Waals surface area contributed by atoms with Crippen LogP contribution in [0.3, 0.4) is 0 Å². The van der Waals surface area contributed by atoms with E-state index in [2.05, 4.69) is 5.32 Å². The maximum Gasteiger partial charge on any atom is 0.336 e. The summed E-state index contributed by atoms with van der Waals surface area (Å²) in [7, 11) is 0. The first-order chi connectivity index (χ1) is 9.88. The van der Waals surface area contributed by atoms with Crippen LogP contribution in [0.2, 0.25) is 5.02 Å². The zero-order valence-corrected chi connectivity index (χ0v) is 11.7. The number of nitrogens with zero attached hydrogens (tertiary/aromatic N) is 1. The maximum absolute atomic E-state index is 11.1. The molecular formula is C14H11ClN2O4. The van der Waals surface area contributed by atoms with Gasteiger partial charge >= 0.3 is 5.97 Å². The molecule has 0 aliphatic carbocycles. The van der Waals surface area contributed by atoms with Crippen LogP contribution in [-0.4, -0.2) is 16.0 Å². The molecule has 2 aromatic rings. The molecule has 0 radical (unpaired) electrons. The molecule has 0 amide bonds. The van der Waals surface area contributed by atoms with Gasteiger partial charge in [0.15, 0.2) is 0 Å². The normalized spacial score (nSPS) is 10.2. The second-order valence-corrected chi connectivity index (χ2v) is 4.81. The van der Waals surface area contributed by atoms with Crippen LogP contribution in [0.5, 0.6) is 0 Å². The van der Waals surface area contributed by atoms with Crippen molar-refractivity contribution in [2.24, 2.45) is 0 Å². The van der Waals surface area contributed by atoms with Crippen molar-refractivity contribution in [1.29, 1.82) is 0 Å². The van der Waals surface area contributed by atoms with E-state index in [0.717, 1.165) is 0 Å². The molecule has 108 valence electrons. The van der Waals surface area contributed by atoms with E-state index in [-0.39, 0.29) is 22.0 Å². The second-order valence-electron chi connectivity index (χ2n) is 4.38. The fourth-order valence-corrected chi connectivity index (χ4v) is 2.01. The number of anilines is 2. The average Bonchev–Trinajstić information content (AvgIpc) is 2.42. The monoisotopic (exact) mass is 306 g/mol. The van der Waals surface area contributed by atoms with Gasteiger partial charge in [0.1, 0.15) is 5.69 Å². The standard InChI is InChI=1S/C14H11ClN2O4/c1-8-2-4-10(7-11(8)14(18)19)16-12-5-3-9(15)6-13(12)17(20)21/h2-7,16H,1H3,(H,18,19). The summed E-state index contributed by atoms with van der Waals surface area (Å²) < 4.78 is 0. The molecule has 0 spiro atoms. The first-order valence-electron chi connectivity index (χ1n) is 5.93. The number of carbonyl (C=O) groups is 1. The largest absolute Gasteiger partial charge is 0.478 e. The summed E-state index contributed by atoms with van der Waals surface area (Å²) in [5, 5.41) is 23.2. The molecule has 7 heteroatoms. The van der Waals surface area contributed by atoms with Crippen molar-refractivity contribution in [2.45, 2.75) is 6.92 Å². The number of hydrogen-bond acceptors (Lipinski definition) is 4. The first kappa shape index (κ1) is 14.8. The molecule has 0 aliphatic rings. The maximum atomic E-state index is 11.1. The summed E-state index contributed by atoms with van der Waals surface area (Å²) in [4.78, 5) is 21.5. The summed E-state index contributed by atoms with van der Waals surface area (Å²) in [6.07, 6.45) is 0. The molecule has 2 rings (SSSR count). The lowest BCUT2D eigenvalue weighted by molar-refractivity contribution is -0.383. The van der Waals surface area contributed by atoms with E-state index in [1.165, 1.54) is 24.3 Å². The molecule has 0 bridgehead atoms. The Kier molecular flexibility index (Phi) is 4.09. The zero-order valence-electron chi connectivity index (χ0n) is 11.0. The van der Waals surface area contributed by atoms with E-state index in [4.69, 9.17) is 16.7 Å². The molecule has 0 atom stereocenters. The lowest BCUT2D eigenvalue weighted by atomic mass is 10.1. The number of hydrogen-bond donors (Lipinski definition) is 2. The van der Waals surface area contributed by atoms with Gasteiger partial charge in [0.25, 0.3) is 5.69 Å². The van der Waals surface area contributed by atoms with Crippen molar-refractivity contribution < 1.29 is 14.8 Å². The van der Waals surface area contributed by atoms with E-state index in [1.807, 2.05) is 0 Å². The predicted octanol–water partition coefficient (Wildman–Crippen LogP) is 4.00. The molecule has 21 heavy (non-hydrogen) atoms. The highest BCUT2D eigenvalue weighted by atomic mass is 35.5. The SMILES string of the molecule is Cc1ccc(Nc2ccc(Cl)cc2[N+](=O)[O-])cc1C(=O)O. The number of carboxylic acids is 1. The van der Waals surface area contributed by atoms with Crippen molar-refractivity contribution in [3.8, 4) is 0 Å². The molecule has 0 saturated carbocycles. The number of nitrogens with one attached hydrogen (secondary N) is 1. The van der Waals surface area contributed by atoms with Crippen LogP contribution >= 0.6 is 11.6 Å². The molecule has 0 fully saturated rings. The van der Waals surface area contributed by atoms with Crippen LogP contribution in [0.4, 0.5) is 17.1 Å². The lowest BCUT2D eigenvalue weighted by Gasteiger charge is -2.09. The number of halogens is 1. The Balaban J connectivity index is 2.41. The highest BCUT2D eigenvalue weighted by molar-refractivity contribution is 6.30. The van der Waals surface area contributed by atoms with Crippen LogP contribution < -0.4 is 5.32 Å². The third kappa shape index (κ3) is 3.29. The van der Waals surface area contributed by atoms with E-state index < -0.39 is 10.9 Å². The van der Waals surface area contributed by atoms with Crippen LogP contribution in [0.1, 0.15) is 15.9 Å². The molecular weight excluding hydrogens is 296 g/mol. The summed E-state index contributed by atoms with van der Waals surface area (Å²) in [5.41, 5.74) is 1.25. The molecule has 6 nitrogen and oxygen atoms in total. The molecule has 2 aromatic carbocycles. The van der Waals surface area contributed by atoms with Crippen molar-refractivity contribution in [1.82, 2.24) is 0 Å². The van der Waals surface area contributed by atoms with Gasteiger partial charge in [-0.1, -0.05) is 17.7 Å². The van der Waals surface area contributed by atoms with Crippen LogP contribution in [0, 0.1) is 17.0 Å². The molecule has 0 saturated heterocycles. The van der Waals surface area contributed by atoms with Crippen LogP contribution in [0.15, 0.2) is 36.4 Å². The third-order valence-corrected chi connectivity index (χ3v) is 3.14. The summed E-state index contributed by atoms with van der Waals surface area (Å²) in [6, 6.07) is 8.93. The Bertz CT molecular complexity index is 731. The number of aryl methyl sites for hydroxylation is 1. The van der Waals surface area contributed by atoms with E-state index >= 15 is 0 Å². The van der Waals surface area contributed by atoms with Gasteiger partial charge in [-0.2, -0.15) is 0 Å². The number of nitro groups is 1. The number of nitro benzene ring substituents is 1. The second kappa shape index (κ2) is 5.80. The van der Waals surface area contributed by atoms with Gasteiger partial charge in [-0.25, -0.2) is 4.79 Å². The van der Waals surface area contributed by atoms with Gasteiger partial charge < -0.3 is 10.4 Å². The van der Waals surface area contributed by atoms with E-state index in [0.29, 0.717) is 11.3 Å². The summed E-state index contributed by atoms with van der Waals surface area (Å²) in [5.74, 6) is -1.05. The van der Waals surface area contributed by atoms with Gasteiger partial charge in [0.2, 0.25) is 0 Å². The Hall–Kier alpha value is -2.60. The fourth-order valence-electron chi connectivity index (χ4n) is 1.85. The van der Waals surface area contributed by atoms with Crippen molar-refractivity contribution in [3.63, 3.8) is 0 Å². The average molecular weight is 307 g/mol. The smallest absolute Gasteiger partial charge is 0.336 e. The minimum Gasteiger partial charge on any atom is -0.478 e. The van der Waals surface area contributed by atoms with Gasteiger partial charge in [-0.05, 0) is 36.8 Å². The zero-order chi connectivity index (χ0) is 15.6. The topological polar surface area (TPSA) is 92.5 Å². The highest BCUT2D eigenvalue weighted by Crippen LogP contribution is 2.30. The number of aromatic carboxylic acids is 1. The number of benzene rings is 2. The first-order valence-corrected chi connectivity index (χ1v) is 6.31. The Morgan fingerprint density at radius 1 is 1.29 bits per heavy atom. The molecule has 0 heterocycles. The fraction of sp³-hybridized carbons (Fsp3) is 0.0714. The van der Waals surface area contributed by atoms with Crippen molar-refractivity contribution >= 4 is 34.6 Å². The van der Waals surface area contributed by atoms with E-state index in [9.17, 15) is 14.9 Å². The van der Waals surface area contributed by atoms with Gasteiger partial charge in [0, 0.05) is 16.8 Å². The van der Waals surface area contributed by atoms with Crippen LogP contribution in [0.25, 0.3) is 0 Å². The highest BCUT2D eigenvalue weighted by Gasteiger charge is 2.15. The third-order valence-electron chi connectivity index (χ3n) is 2.90. The molecule has 0 unspecified atom stereocenters. The van der Waals surface area contributed by atoms with Crippen molar-refractivity contribution in [2.75, 3.05) is 5.32 Å². The number of rotatable bonds is 4. The Morgan fingerprint density at radius 2 is 2.00 bits per heavy atom. The molecule has 2 N–H and O–H groups in total. The molecule has 0 aromatic heterocycles. The summed E-state index contributed by atoms with van der Waals surface area (Å²) >= 11 is 5.74. The summed E-state index contributed by atoms with van der Waals surface area (Å²) in [6.45, 7) is 1.68. The van der Waals surface area contributed by atoms with Gasteiger partial charge in [-0.3, -0.25) is 10.1 Å². The van der Waals surface area contributed by atoms with Crippen molar-refractivity contribution in [3.05, 3.63) is 62.7 Å². The quantitative estimate of drug-likeness (QED) is 0.658. The minimum absolute atomic E-state index is 0.136. The van der Waals surface area contributed by atoms with Gasteiger partial charge in [0.05, 0.1) is 10.5 Å². The lowest BCUT2D eigenvalue weighted by Crippen LogP contribution is -2.02. The predicted molar refractivity (Wildman–Crippen MR) is 79.5 cm³/mol. The molecule has 0 aliphatic heterocycles. The Labute approximate surface area is 125 Å². The Morgan fingerprint density at radius 3 is 2.62 bits per heavy atom. The minimum atomic E-state index is -1.05. The van der Waals surface area contributed by atoms with E-state index in [1.54, 1.807) is 19.1 Å². The van der Waals surface area contributed by atoms with Crippen LogP contribution in [-0.2, 0) is 0 Å².